The number of likely N-dealkylation sites (N-methyl/N-ethyl adjacent to an activating group) is 1. The Bertz CT molecular complexity index is 2070. The molecule has 0 bridgehead atoms. The van der Waals surface area contributed by atoms with E-state index >= 15 is 0 Å². The third kappa shape index (κ3) is 74.9. The van der Waals surface area contributed by atoms with E-state index in [4.69, 9.17) is 18.5 Å². The van der Waals surface area contributed by atoms with Crippen molar-refractivity contribution in [1.29, 1.82) is 0 Å². The van der Waals surface area contributed by atoms with Gasteiger partial charge in [0.15, 0.2) is 6.10 Å². The van der Waals surface area contributed by atoms with Crippen LogP contribution in [-0.4, -0.2) is 70.0 Å². The van der Waals surface area contributed by atoms with Gasteiger partial charge < -0.3 is 27.9 Å². The first kappa shape index (κ1) is 87.9. The number of ether oxygens (including phenoxy) is 2. The average Bonchev–Trinajstić information content (AvgIpc) is 2.14. The molecule has 2 unspecified atom stereocenters. The van der Waals surface area contributed by atoms with Crippen molar-refractivity contribution in [3.05, 3.63) is 146 Å². The first-order chi connectivity index (χ1) is 45.0. The highest BCUT2D eigenvalue weighted by atomic mass is 31.2. The van der Waals surface area contributed by atoms with E-state index in [0.717, 1.165) is 122 Å². The maximum absolute atomic E-state index is 12.9. The highest BCUT2D eigenvalue weighted by Crippen LogP contribution is 2.38. The molecule has 0 saturated carbocycles. The number of hydrogen-bond donors (Lipinski definition) is 0. The van der Waals surface area contributed by atoms with E-state index in [1.165, 1.54) is 154 Å². The number of allylic oxidation sites excluding steroid dienone is 24. The largest absolute Gasteiger partial charge is 0.756 e. The van der Waals surface area contributed by atoms with E-state index in [0.29, 0.717) is 17.4 Å². The predicted molar refractivity (Wildman–Crippen MR) is 397 cm³/mol. The number of unbranched alkanes of at least 4 members (excludes halogenated alkanes) is 30. The Morgan fingerprint density at radius 1 is 0.337 bits per heavy atom. The second-order valence-electron chi connectivity index (χ2n) is 25.9. The Labute approximate surface area is 567 Å². The lowest BCUT2D eigenvalue weighted by atomic mass is 10.0. The first-order valence-electron chi connectivity index (χ1n) is 37.5. The summed E-state index contributed by atoms with van der Waals surface area (Å²) in [5.74, 6) is -0.837. The number of quaternary nitrogens is 1. The van der Waals surface area contributed by atoms with E-state index in [1.54, 1.807) is 0 Å². The molecular weight excluding hydrogens is 1160 g/mol. The highest BCUT2D eigenvalue weighted by molar-refractivity contribution is 7.45. The molecule has 2 atom stereocenters. The van der Waals surface area contributed by atoms with Crippen molar-refractivity contribution in [2.24, 2.45) is 0 Å². The molecule has 0 fully saturated rings. The fraction of sp³-hybridized carbons (Fsp3) is 0.683. The summed E-state index contributed by atoms with van der Waals surface area (Å²) in [6, 6.07) is 0. The van der Waals surface area contributed by atoms with Crippen LogP contribution in [0.15, 0.2) is 146 Å². The summed E-state index contributed by atoms with van der Waals surface area (Å²) in [6.45, 7) is 4.02. The zero-order chi connectivity index (χ0) is 66.9. The maximum atomic E-state index is 12.9. The van der Waals surface area contributed by atoms with Crippen LogP contribution in [0.1, 0.15) is 309 Å². The molecule has 0 amide bonds. The summed E-state index contributed by atoms with van der Waals surface area (Å²) < 4.78 is 34.4. The van der Waals surface area contributed by atoms with Crippen molar-refractivity contribution >= 4 is 19.8 Å². The predicted octanol–water partition coefficient (Wildman–Crippen LogP) is 24.3. The van der Waals surface area contributed by atoms with Crippen molar-refractivity contribution < 1.29 is 42.1 Å². The number of hydrogen-bond acceptors (Lipinski definition) is 8. The Balaban J connectivity index is 4.02. The molecule has 0 N–H and O–H groups in total. The topological polar surface area (TPSA) is 111 Å². The quantitative estimate of drug-likeness (QED) is 0.0195. The molecule has 9 nitrogen and oxygen atoms in total. The van der Waals surface area contributed by atoms with Crippen molar-refractivity contribution in [2.75, 3.05) is 47.5 Å². The van der Waals surface area contributed by atoms with Crippen LogP contribution in [0.2, 0.25) is 0 Å². The molecule has 0 heterocycles. The zero-order valence-electron chi connectivity index (χ0n) is 59.9. The maximum Gasteiger partial charge on any atom is 0.306 e. The molecule has 0 aromatic heterocycles. The zero-order valence-corrected chi connectivity index (χ0v) is 60.8. The normalized spacial score (nSPS) is 13.9. The molecule has 0 aromatic carbocycles. The molecule has 92 heavy (non-hydrogen) atoms. The van der Waals surface area contributed by atoms with Gasteiger partial charge in [-0.15, -0.1) is 0 Å². The second kappa shape index (κ2) is 71.2. The van der Waals surface area contributed by atoms with Crippen LogP contribution < -0.4 is 4.89 Å². The van der Waals surface area contributed by atoms with Gasteiger partial charge in [-0.1, -0.05) is 327 Å². The van der Waals surface area contributed by atoms with Crippen LogP contribution in [0.25, 0.3) is 0 Å². The lowest BCUT2D eigenvalue weighted by Crippen LogP contribution is -2.37. The third-order valence-electron chi connectivity index (χ3n) is 15.9. The second-order valence-corrected chi connectivity index (χ2v) is 27.3. The van der Waals surface area contributed by atoms with Gasteiger partial charge in [-0.25, -0.2) is 0 Å². The highest BCUT2D eigenvalue weighted by Gasteiger charge is 2.22. The molecule has 0 rings (SSSR count). The van der Waals surface area contributed by atoms with Crippen LogP contribution in [0.4, 0.5) is 0 Å². The average molecular weight is 1300 g/mol. The standard InChI is InChI=1S/C82H140NO8P/c1-6-8-10-12-14-16-18-20-22-24-26-28-30-32-34-36-38-39-40-41-42-43-45-46-48-50-52-54-56-58-60-62-64-66-68-70-72-74-81(84)88-78-80(79-90-92(86,87)89-77-76-83(3,4)5)91-82(85)75-73-71-69-67-65-63-61-59-57-55-53-51-49-47-44-37-35-33-31-29-27-25-23-21-19-17-15-13-11-9-7-2/h8-11,14-17,20-23,26-29,32-35,44,47,51,53,80H,6-7,12-13,18-19,24-25,30-31,36-43,45-46,48-50,52,54-79H2,1-5H3/b10-8-,11-9-,16-14-,17-15-,22-20-,23-21-,28-26-,29-27-,34-32-,35-33-,47-44-,53-51-. The van der Waals surface area contributed by atoms with Crippen molar-refractivity contribution in [3.63, 3.8) is 0 Å². The van der Waals surface area contributed by atoms with Crippen molar-refractivity contribution in [2.45, 2.75) is 315 Å². The summed E-state index contributed by atoms with van der Waals surface area (Å²) in [5.41, 5.74) is 0. The molecule has 0 aliphatic carbocycles. The van der Waals surface area contributed by atoms with Crippen LogP contribution >= 0.6 is 7.82 Å². The monoisotopic (exact) mass is 1300 g/mol. The summed E-state index contributed by atoms with van der Waals surface area (Å²) >= 11 is 0. The van der Waals surface area contributed by atoms with E-state index in [1.807, 2.05) is 21.1 Å². The van der Waals surface area contributed by atoms with Gasteiger partial charge in [0.05, 0.1) is 27.7 Å². The van der Waals surface area contributed by atoms with Crippen molar-refractivity contribution in [3.8, 4) is 0 Å². The number of carbonyl (C=O) groups is 2. The van der Waals surface area contributed by atoms with E-state index in [2.05, 4.69) is 160 Å². The minimum absolute atomic E-state index is 0.0371. The van der Waals surface area contributed by atoms with E-state index < -0.39 is 26.5 Å². The smallest absolute Gasteiger partial charge is 0.306 e. The Morgan fingerprint density at radius 3 is 0.870 bits per heavy atom. The molecule has 0 spiro atoms. The van der Waals surface area contributed by atoms with Gasteiger partial charge in [0.1, 0.15) is 19.8 Å². The summed E-state index contributed by atoms with van der Waals surface area (Å²) in [6.07, 6.45) is 105. The van der Waals surface area contributed by atoms with Gasteiger partial charge >= 0.3 is 11.9 Å². The minimum Gasteiger partial charge on any atom is -0.756 e. The van der Waals surface area contributed by atoms with Gasteiger partial charge in [0, 0.05) is 12.8 Å². The van der Waals surface area contributed by atoms with Gasteiger partial charge in [0.2, 0.25) is 0 Å². The molecule has 0 saturated heterocycles. The molecule has 0 aliphatic rings. The van der Waals surface area contributed by atoms with Crippen molar-refractivity contribution in [1.82, 2.24) is 0 Å². The van der Waals surface area contributed by atoms with Gasteiger partial charge in [-0.2, -0.15) is 0 Å². The Hall–Kier alpha value is -4.11. The number of carbonyl (C=O) groups excluding carboxylic acids is 2. The summed E-state index contributed by atoms with van der Waals surface area (Å²) in [5, 5.41) is 0. The first-order valence-corrected chi connectivity index (χ1v) is 39.0. The van der Waals surface area contributed by atoms with Crippen LogP contribution in [0.5, 0.6) is 0 Å². The Kier molecular flexibility index (Phi) is 68.0. The summed E-state index contributed by atoms with van der Waals surface area (Å²) in [4.78, 5) is 38.1. The molecular formula is C82H140NO8P. The van der Waals surface area contributed by atoms with Crippen LogP contribution in [0, 0.1) is 0 Å². The molecule has 0 radical (unpaired) electrons. The van der Waals surface area contributed by atoms with E-state index in [-0.39, 0.29) is 32.0 Å². The van der Waals surface area contributed by atoms with E-state index in [9.17, 15) is 19.0 Å². The Morgan fingerprint density at radius 2 is 0.587 bits per heavy atom. The SMILES string of the molecule is CC/C=C\C/C=C\C/C=C\C/C=C\C/C=C\C/C=C\C/C=C\CCCCCCCCCCCC(=O)OC(COC(=O)CCCCCCCCCCCCCCCCCCCCCCC/C=C\C/C=C\C/C=C\C/C=C\C/C=C\CC)COP(=O)([O-])OCC[N+](C)(C)C. The lowest BCUT2D eigenvalue weighted by Gasteiger charge is -2.28. The number of nitrogens with zero attached hydrogens (tertiary/aromatic N) is 1. The molecule has 10 heteroatoms. The van der Waals surface area contributed by atoms with Gasteiger partial charge in [-0.3, -0.25) is 14.2 Å². The minimum atomic E-state index is -4.65. The number of esters is 2. The molecule has 0 aromatic rings. The lowest BCUT2D eigenvalue weighted by molar-refractivity contribution is -0.870. The number of phosphoric acid groups is 1. The van der Waals surface area contributed by atoms with Crippen LogP contribution in [-0.2, 0) is 32.7 Å². The number of rotatable bonds is 68. The fourth-order valence-electron chi connectivity index (χ4n) is 10.2. The van der Waals surface area contributed by atoms with Gasteiger partial charge in [-0.05, 0) is 116 Å². The number of phosphoric ester groups is 1. The molecule has 0 aliphatic heterocycles. The third-order valence-corrected chi connectivity index (χ3v) is 16.8. The fourth-order valence-corrected chi connectivity index (χ4v) is 10.9. The molecule has 526 valence electrons. The summed E-state index contributed by atoms with van der Waals surface area (Å²) in [7, 11) is 1.16. The van der Waals surface area contributed by atoms with Gasteiger partial charge in [0.25, 0.3) is 7.82 Å². The van der Waals surface area contributed by atoms with Crippen LogP contribution in [0.3, 0.4) is 0 Å².